The molecule has 1 heterocycles. The van der Waals surface area contributed by atoms with Crippen LogP contribution in [0, 0.1) is 0 Å². The third kappa shape index (κ3) is 2.22. The lowest BCUT2D eigenvalue weighted by atomic mass is 9.98. The van der Waals surface area contributed by atoms with Crippen molar-refractivity contribution in [3.8, 4) is 0 Å². The highest BCUT2D eigenvalue weighted by Crippen LogP contribution is 2.20. The molecule has 6 nitrogen and oxygen atoms in total. The highest BCUT2D eigenvalue weighted by molar-refractivity contribution is 4.91. The van der Waals surface area contributed by atoms with E-state index < -0.39 is 30.6 Å². The normalized spacial score (nSPS) is 43.9. The highest BCUT2D eigenvalue weighted by Gasteiger charge is 2.42. The van der Waals surface area contributed by atoms with Crippen LogP contribution < -0.4 is 5.73 Å². The maximum Gasteiger partial charge on any atom is 0.175 e. The van der Waals surface area contributed by atoms with Crippen molar-refractivity contribution in [2.75, 3.05) is 13.2 Å². The van der Waals surface area contributed by atoms with Gasteiger partial charge in [-0.3, -0.25) is 0 Å². The highest BCUT2D eigenvalue weighted by atomic mass is 16.7. The van der Waals surface area contributed by atoms with Crippen molar-refractivity contribution >= 4 is 0 Å². The van der Waals surface area contributed by atoms with Crippen molar-refractivity contribution in [1.29, 1.82) is 0 Å². The van der Waals surface area contributed by atoms with Crippen LogP contribution in [-0.2, 0) is 9.47 Å². The lowest BCUT2D eigenvalue weighted by molar-refractivity contribution is -0.264. The Morgan fingerprint density at radius 1 is 1.36 bits per heavy atom. The minimum absolute atomic E-state index is 0.380. The molecule has 0 aliphatic carbocycles. The van der Waals surface area contributed by atoms with Crippen molar-refractivity contribution < 1.29 is 24.8 Å². The van der Waals surface area contributed by atoms with Gasteiger partial charge in [-0.25, -0.2) is 0 Å². The molecule has 0 radical (unpaired) electrons. The topological polar surface area (TPSA) is 105 Å². The molecule has 0 saturated carbocycles. The Morgan fingerprint density at radius 3 is 2.50 bits per heavy atom. The summed E-state index contributed by atoms with van der Waals surface area (Å²) >= 11 is 0. The summed E-state index contributed by atoms with van der Waals surface area (Å²) in [5.41, 5.74) is 5.57. The first kappa shape index (κ1) is 11.8. The van der Waals surface area contributed by atoms with E-state index in [0.29, 0.717) is 6.61 Å². The first-order valence-electron chi connectivity index (χ1n) is 4.61. The molecule has 0 aromatic heterocycles. The number of hydrogen-bond acceptors (Lipinski definition) is 6. The summed E-state index contributed by atoms with van der Waals surface area (Å²) in [7, 11) is 0. The first-order chi connectivity index (χ1) is 6.61. The van der Waals surface area contributed by atoms with E-state index in [1.54, 1.807) is 6.92 Å². The molecule has 84 valence electrons. The largest absolute Gasteiger partial charge is 0.394 e. The van der Waals surface area contributed by atoms with E-state index in [1.807, 2.05) is 0 Å². The molecular formula is C8H17NO5. The van der Waals surface area contributed by atoms with Crippen molar-refractivity contribution in [2.45, 2.75) is 37.6 Å². The van der Waals surface area contributed by atoms with E-state index in [4.69, 9.17) is 20.3 Å². The van der Waals surface area contributed by atoms with Gasteiger partial charge in [-0.2, -0.15) is 0 Å². The number of aliphatic hydroxyl groups is 3. The fourth-order valence-electron chi connectivity index (χ4n) is 1.42. The van der Waals surface area contributed by atoms with Gasteiger partial charge < -0.3 is 30.5 Å². The molecular weight excluding hydrogens is 190 g/mol. The van der Waals surface area contributed by atoms with Gasteiger partial charge in [-0.1, -0.05) is 0 Å². The van der Waals surface area contributed by atoms with Gasteiger partial charge >= 0.3 is 0 Å². The number of ether oxygens (including phenoxy) is 2. The molecule has 5 N–H and O–H groups in total. The summed E-state index contributed by atoms with van der Waals surface area (Å²) < 4.78 is 10.3. The minimum atomic E-state index is -1.17. The van der Waals surface area contributed by atoms with Crippen molar-refractivity contribution in [2.24, 2.45) is 5.73 Å². The molecule has 6 heteroatoms. The van der Waals surface area contributed by atoms with Gasteiger partial charge in [-0.05, 0) is 6.92 Å². The summed E-state index contributed by atoms with van der Waals surface area (Å²) in [5, 5.41) is 27.8. The van der Waals surface area contributed by atoms with Gasteiger partial charge in [0.15, 0.2) is 6.29 Å². The molecule has 1 aliphatic heterocycles. The van der Waals surface area contributed by atoms with Gasteiger partial charge in [0.05, 0.1) is 12.6 Å². The average molecular weight is 207 g/mol. The van der Waals surface area contributed by atoms with Crippen LogP contribution in [-0.4, -0.2) is 59.2 Å². The second kappa shape index (κ2) is 5.01. The van der Waals surface area contributed by atoms with E-state index in [-0.39, 0.29) is 6.61 Å². The van der Waals surface area contributed by atoms with E-state index >= 15 is 0 Å². The predicted molar refractivity (Wildman–Crippen MR) is 47.4 cm³/mol. The smallest absolute Gasteiger partial charge is 0.175 e. The quantitative estimate of drug-likeness (QED) is 0.418. The zero-order valence-electron chi connectivity index (χ0n) is 8.04. The average Bonchev–Trinajstić information content (AvgIpc) is 2.19. The number of nitrogens with two attached hydrogens (primary N) is 1. The number of rotatable bonds is 3. The van der Waals surface area contributed by atoms with E-state index in [0.717, 1.165) is 0 Å². The zero-order chi connectivity index (χ0) is 10.7. The Balaban J connectivity index is 2.63. The van der Waals surface area contributed by atoms with Gasteiger partial charge in [0.1, 0.15) is 18.3 Å². The summed E-state index contributed by atoms with van der Waals surface area (Å²) in [6, 6.07) is -0.798. The standard InChI is InChI=1S/C8H17NO5/c1-2-13-8-5(9)7(12)6(11)4(3-10)14-8/h4-8,10-12H,2-3,9H2,1H3/t4?,5?,6-,7-,8+/m1/s1. The third-order valence-electron chi connectivity index (χ3n) is 2.26. The lowest BCUT2D eigenvalue weighted by Crippen LogP contribution is -2.62. The van der Waals surface area contributed by atoms with Crippen LogP contribution in [0.2, 0.25) is 0 Å². The van der Waals surface area contributed by atoms with Crippen molar-refractivity contribution in [3.05, 3.63) is 0 Å². The molecule has 1 aliphatic rings. The Hall–Kier alpha value is -0.240. The van der Waals surface area contributed by atoms with Crippen molar-refractivity contribution in [3.63, 3.8) is 0 Å². The Bertz CT molecular complexity index is 175. The van der Waals surface area contributed by atoms with E-state index in [9.17, 15) is 10.2 Å². The molecule has 1 saturated heterocycles. The summed E-state index contributed by atoms with van der Waals surface area (Å²) in [6.45, 7) is 1.77. The predicted octanol–water partition coefficient (Wildman–Crippen LogP) is -2.21. The molecule has 0 aromatic rings. The fourth-order valence-corrected chi connectivity index (χ4v) is 1.42. The maximum atomic E-state index is 9.50. The molecule has 2 unspecified atom stereocenters. The lowest BCUT2D eigenvalue weighted by Gasteiger charge is -2.40. The van der Waals surface area contributed by atoms with Crippen LogP contribution in [0.4, 0.5) is 0 Å². The minimum Gasteiger partial charge on any atom is -0.394 e. The van der Waals surface area contributed by atoms with E-state index in [2.05, 4.69) is 0 Å². The van der Waals surface area contributed by atoms with Gasteiger partial charge in [-0.15, -0.1) is 0 Å². The summed E-state index contributed by atoms with van der Waals surface area (Å²) in [4.78, 5) is 0. The molecule has 0 bridgehead atoms. The SMILES string of the molecule is CCO[C@H]1OC(CO)[C@@H](O)[C@H](O)C1N. The monoisotopic (exact) mass is 207 g/mol. The molecule has 0 amide bonds. The van der Waals surface area contributed by atoms with Gasteiger partial charge in [0, 0.05) is 6.61 Å². The molecule has 0 spiro atoms. The first-order valence-corrected chi connectivity index (χ1v) is 4.61. The summed E-state index contributed by atoms with van der Waals surface area (Å²) in [5.74, 6) is 0. The van der Waals surface area contributed by atoms with E-state index in [1.165, 1.54) is 0 Å². The van der Waals surface area contributed by atoms with Crippen molar-refractivity contribution in [1.82, 2.24) is 0 Å². The second-order valence-electron chi connectivity index (χ2n) is 3.24. The molecule has 5 atom stereocenters. The van der Waals surface area contributed by atoms with Gasteiger partial charge in [0.2, 0.25) is 0 Å². The second-order valence-corrected chi connectivity index (χ2v) is 3.24. The van der Waals surface area contributed by atoms with Crippen LogP contribution in [0.1, 0.15) is 6.92 Å². The van der Waals surface area contributed by atoms with Crippen LogP contribution in [0.15, 0.2) is 0 Å². The van der Waals surface area contributed by atoms with Crippen LogP contribution in [0.25, 0.3) is 0 Å². The molecule has 1 rings (SSSR count). The number of aliphatic hydroxyl groups excluding tert-OH is 3. The third-order valence-corrected chi connectivity index (χ3v) is 2.26. The van der Waals surface area contributed by atoms with Gasteiger partial charge in [0.25, 0.3) is 0 Å². The summed E-state index contributed by atoms with van der Waals surface area (Å²) in [6.07, 6.45) is -3.94. The molecule has 0 aromatic carbocycles. The Labute approximate surface area is 82.2 Å². The van der Waals surface area contributed by atoms with Crippen LogP contribution in [0.5, 0.6) is 0 Å². The van der Waals surface area contributed by atoms with Crippen LogP contribution in [0.3, 0.4) is 0 Å². The zero-order valence-corrected chi connectivity index (χ0v) is 8.04. The maximum absolute atomic E-state index is 9.50. The van der Waals surface area contributed by atoms with Crippen LogP contribution >= 0.6 is 0 Å². The number of hydrogen-bond donors (Lipinski definition) is 4. The Morgan fingerprint density at radius 2 is 2.00 bits per heavy atom. The molecule has 1 fully saturated rings. The fraction of sp³-hybridized carbons (Fsp3) is 1.00. The Kier molecular flexibility index (Phi) is 4.24. The molecule has 14 heavy (non-hydrogen) atoms.